The lowest BCUT2D eigenvalue weighted by Crippen LogP contribution is -2.63. The monoisotopic (exact) mass is 457 g/mol. The van der Waals surface area contributed by atoms with E-state index in [0.717, 1.165) is 17.2 Å². The normalized spacial score (nSPS) is 23.7. The zero-order valence-electron chi connectivity index (χ0n) is 20.4. The van der Waals surface area contributed by atoms with Gasteiger partial charge in [0.2, 0.25) is 14.2 Å². The second-order valence-electron chi connectivity index (χ2n) is 10.1. The Morgan fingerprint density at radius 3 is 2.28 bits per heavy atom. The minimum absolute atomic E-state index is 0.0372. The fourth-order valence-electron chi connectivity index (χ4n) is 4.05. The highest BCUT2D eigenvalue weighted by atomic mass is 28.4. The van der Waals surface area contributed by atoms with Crippen LogP contribution in [0.3, 0.4) is 0 Å². The molecule has 1 aromatic carbocycles. The van der Waals surface area contributed by atoms with E-state index in [1.54, 1.807) is 12.0 Å². The van der Waals surface area contributed by atoms with Crippen LogP contribution in [-0.4, -0.2) is 40.5 Å². The molecule has 0 saturated carbocycles. The van der Waals surface area contributed by atoms with E-state index in [2.05, 4.69) is 33.9 Å². The van der Waals surface area contributed by atoms with Gasteiger partial charge in [-0.05, 0) is 48.5 Å². The highest BCUT2D eigenvalue weighted by Gasteiger charge is 2.51. The molecule has 2 aliphatic rings. The van der Waals surface area contributed by atoms with Gasteiger partial charge >= 0.3 is 5.97 Å². The third-order valence-electron chi connectivity index (χ3n) is 7.02. The SMILES string of the molecule is COC(=O)C1=CCC(O[Si](C)(C)C(C)(C)C)=C[C@@H]1[C@H]1[C@@H](C)C(=O)N1c1ccc(OC)cc1. The third-order valence-corrected chi connectivity index (χ3v) is 11.4. The number of benzene rings is 1. The Balaban J connectivity index is 1.97. The van der Waals surface area contributed by atoms with Crippen molar-refractivity contribution >= 4 is 25.9 Å². The fraction of sp³-hybridized carbons (Fsp3) is 0.520. The zero-order valence-corrected chi connectivity index (χ0v) is 21.4. The molecular formula is C25H35NO5Si. The van der Waals surface area contributed by atoms with Crippen molar-refractivity contribution in [2.75, 3.05) is 19.1 Å². The van der Waals surface area contributed by atoms with E-state index in [0.29, 0.717) is 12.0 Å². The number of carbonyl (C=O) groups excluding carboxylic acids is 2. The molecule has 1 heterocycles. The summed E-state index contributed by atoms with van der Waals surface area (Å²) < 4.78 is 16.9. The summed E-state index contributed by atoms with van der Waals surface area (Å²) in [5.41, 5.74) is 1.37. The molecule has 1 fully saturated rings. The molecule has 3 rings (SSSR count). The van der Waals surface area contributed by atoms with Crippen LogP contribution in [0.4, 0.5) is 5.69 Å². The number of hydrogen-bond acceptors (Lipinski definition) is 5. The number of hydrogen-bond donors (Lipinski definition) is 0. The van der Waals surface area contributed by atoms with Crippen LogP contribution in [-0.2, 0) is 18.8 Å². The van der Waals surface area contributed by atoms with Gasteiger partial charge in [-0.3, -0.25) is 4.79 Å². The Bertz CT molecular complexity index is 942. The summed E-state index contributed by atoms with van der Waals surface area (Å²) in [5, 5.41) is 0.0601. The lowest BCUT2D eigenvalue weighted by molar-refractivity contribution is -0.138. The average molecular weight is 458 g/mol. The van der Waals surface area contributed by atoms with Gasteiger partial charge < -0.3 is 18.8 Å². The maximum Gasteiger partial charge on any atom is 0.334 e. The molecule has 0 aromatic heterocycles. The van der Waals surface area contributed by atoms with E-state index in [4.69, 9.17) is 13.9 Å². The predicted octanol–water partition coefficient (Wildman–Crippen LogP) is 5.07. The third kappa shape index (κ3) is 4.35. The summed E-state index contributed by atoms with van der Waals surface area (Å²) in [6, 6.07) is 7.22. The molecule has 1 amide bonds. The minimum Gasteiger partial charge on any atom is -0.546 e. The van der Waals surface area contributed by atoms with Crippen LogP contribution in [0.25, 0.3) is 0 Å². The maximum absolute atomic E-state index is 12.9. The van der Waals surface area contributed by atoms with Crippen LogP contribution in [0.2, 0.25) is 18.1 Å². The standard InChI is InChI=1S/C25H35NO5Si/c1-16-22(26(23(16)27)17-9-11-18(29-5)12-10-17)21-15-19(13-14-20(21)24(28)30-6)31-32(7,8)25(2,3)4/h9-12,14-16,21-22H,13H2,1-8H3/t16-,21+,22-/m1/s1. The first kappa shape index (κ1) is 24.1. The number of esters is 1. The number of carbonyl (C=O) groups is 2. The van der Waals surface area contributed by atoms with Gasteiger partial charge in [-0.15, -0.1) is 0 Å². The average Bonchev–Trinajstić information content (AvgIpc) is 2.75. The van der Waals surface area contributed by atoms with E-state index >= 15 is 0 Å². The van der Waals surface area contributed by atoms with Crippen molar-refractivity contribution in [3.8, 4) is 5.75 Å². The number of anilines is 1. The molecule has 7 heteroatoms. The van der Waals surface area contributed by atoms with Gasteiger partial charge in [0.15, 0.2) is 0 Å². The molecule has 6 nitrogen and oxygen atoms in total. The number of allylic oxidation sites excluding steroid dienone is 1. The Hall–Kier alpha value is -2.54. The van der Waals surface area contributed by atoms with Crippen molar-refractivity contribution in [1.29, 1.82) is 0 Å². The van der Waals surface area contributed by atoms with Gasteiger partial charge in [0.05, 0.1) is 31.9 Å². The van der Waals surface area contributed by atoms with Crippen molar-refractivity contribution in [1.82, 2.24) is 0 Å². The van der Waals surface area contributed by atoms with E-state index in [1.165, 1.54) is 7.11 Å². The summed E-state index contributed by atoms with van der Waals surface area (Å²) >= 11 is 0. The van der Waals surface area contributed by atoms with Crippen molar-refractivity contribution in [3.05, 3.63) is 47.7 Å². The number of ether oxygens (including phenoxy) is 2. The topological polar surface area (TPSA) is 65.1 Å². The Kier molecular flexibility index (Phi) is 6.61. The van der Waals surface area contributed by atoms with E-state index < -0.39 is 8.32 Å². The van der Waals surface area contributed by atoms with Gasteiger partial charge in [-0.25, -0.2) is 4.79 Å². The summed E-state index contributed by atoms with van der Waals surface area (Å²) in [6.07, 6.45) is 4.49. The van der Waals surface area contributed by atoms with Crippen molar-refractivity contribution in [2.24, 2.45) is 11.8 Å². The molecule has 0 unspecified atom stereocenters. The molecule has 1 saturated heterocycles. The largest absolute Gasteiger partial charge is 0.546 e. The fourth-order valence-corrected chi connectivity index (χ4v) is 5.16. The molecule has 0 spiro atoms. The number of amides is 1. The van der Waals surface area contributed by atoms with Gasteiger partial charge in [-0.2, -0.15) is 0 Å². The second-order valence-corrected chi connectivity index (χ2v) is 14.8. The molecule has 0 radical (unpaired) electrons. The van der Waals surface area contributed by atoms with E-state index in [1.807, 2.05) is 43.3 Å². The molecule has 1 aliphatic heterocycles. The first-order valence-corrected chi connectivity index (χ1v) is 14.0. The van der Waals surface area contributed by atoms with Crippen molar-refractivity contribution in [3.63, 3.8) is 0 Å². The molecule has 1 aromatic rings. The number of methoxy groups -OCH3 is 2. The van der Waals surface area contributed by atoms with Crippen LogP contribution >= 0.6 is 0 Å². The summed E-state index contributed by atoms with van der Waals surface area (Å²) in [4.78, 5) is 27.3. The van der Waals surface area contributed by atoms with Crippen LogP contribution in [0.15, 0.2) is 47.7 Å². The first-order chi connectivity index (χ1) is 14.9. The molecule has 3 atom stereocenters. The molecular weight excluding hydrogens is 422 g/mol. The molecule has 1 aliphatic carbocycles. The van der Waals surface area contributed by atoms with Crippen LogP contribution in [0, 0.1) is 11.8 Å². The number of β-lactam (4-membered cyclic amide) rings is 1. The second kappa shape index (κ2) is 8.77. The van der Waals surface area contributed by atoms with Gasteiger partial charge in [0.1, 0.15) is 5.75 Å². The predicted molar refractivity (Wildman–Crippen MR) is 128 cm³/mol. The Morgan fingerprint density at radius 2 is 1.75 bits per heavy atom. The first-order valence-electron chi connectivity index (χ1n) is 11.1. The highest BCUT2D eigenvalue weighted by Crippen LogP contribution is 2.44. The lowest BCUT2D eigenvalue weighted by Gasteiger charge is -2.50. The molecule has 32 heavy (non-hydrogen) atoms. The van der Waals surface area contributed by atoms with Crippen molar-refractivity contribution in [2.45, 2.75) is 58.3 Å². The van der Waals surface area contributed by atoms with Crippen LogP contribution in [0.5, 0.6) is 5.75 Å². The Morgan fingerprint density at radius 1 is 1.12 bits per heavy atom. The van der Waals surface area contributed by atoms with Gasteiger partial charge in [-0.1, -0.05) is 33.8 Å². The lowest BCUT2D eigenvalue weighted by atomic mass is 9.74. The zero-order chi connectivity index (χ0) is 23.8. The smallest absolute Gasteiger partial charge is 0.334 e. The molecule has 0 bridgehead atoms. The highest BCUT2D eigenvalue weighted by molar-refractivity contribution is 6.74. The van der Waals surface area contributed by atoms with E-state index in [9.17, 15) is 9.59 Å². The maximum atomic E-state index is 12.9. The summed E-state index contributed by atoms with van der Waals surface area (Å²) in [5.74, 6) is 0.748. The summed E-state index contributed by atoms with van der Waals surface area (Å²) in [6.45, 7) is 12.9. The van der Waals surface area contributed by atoms with Gasteiger partial charge in [0.25, 0.3) is 0 Å². The Labute approximate surface area is 192 Å². The number of rotatable bonds is 6. The molecule has 174 valence electrons. The van der Waals surface area contributed by atoms with Crippen LogP contribution < -0.4 is 9.64 Å². The minimum atomic E-state index is -2.04. The molecule has 0 N–H and O–H groups in total. The summed E-state index contributed by atoms with van der Waals surface area (Å²) in [7, 11) is 0.965. The quantitative estimate of drug-likeness (QED) is 0.339. The van der Waals surface area contributed by atoms with E-state index in [-0.39, 0.29) is 34.8 Å². The van der Waals surface area contributed by atoms with Crippen LogP contribution in [0.1, 0.15) is 34.1 Å². The van der Waals surface area contributed by atoms with Crippen molar-refractivity contribution < 1.29 is 23.5 Å². The van der Waals surface area contributed by atoms with Gasteiger partial charge in [0, 0.05) is 23.6 Å². The number of nitrogens with zero attached hydrogens (tertiary/aromatic N) is 1.